The fourth-order valence-corrected chi connectivity index (χ4v) is 3.88. The molecule has 7 heteroatoms. The second kappa shape index (κ2) is 8.51. The molecule has 2 aliphatic rings. The zero-order valence-corrected chi connectivity index (χ0v) is 16.3. The Kier molecular flexibility index (Phi) is 5.64. The van der Waals surface area contributed by atoms with Gasteiger partial charge < -0.3 is 20.0 Å². The van der Waals surface area contributed by atoms with Crippen LogP contribution in [0.25, 0.3) is 0 Å². The molecule has 29 heavy (non-hydrogen) atoms. The molecule has 0 saturated carbocycles. The van der Waals surface area contributed by atoms with Gasteiger partial charge in [0.15, 0.2) is 0 Å². The molecule has 152 valence electrons. The number of rotatable bonds is 3. The van der Waals surface area contributed by atoms with Crippen molar-refractivity contribution in [2.45, 2.75) is 12.8 Å². The molecule has 0 spiro atoms. The van der Waals surface area contributed by atoms with E-state index in [4.69, 9.17) is 0 Å². The third-order valence-corrected chi connectivity index (χ3v) is 5.52. The van der Waals surface area contributed by atoms with E-state index in [-0.39, 0.29) is 17.8 Å². The number of urea groups is 1. The Bertz CT molecular complexity index is 876. The van der Waals surface area contributed by atoms with Crippen molar-refractivity contribution >= 4 is 23.3 Å². The summed E-state index contributed by atoms with van der Waals surface area (Å²) in [6, 6.07) is 13.7. The molecule has 2 heterocycles. The fraction of sp³-hybridized carbons (Fsp3) is 0.364. The van der Waals surface area contributed by atoms with Gasteiger partial charge in [0.2, 0.25) is 0 Å². The van der Waals surface area contributed by atoms with Gasteiger partial charge in [0.1, 0.15) is 5.82 Å². The highest BCUT2D eigenvalue weighted by Gasteiger charge is 2.25. The summed E-state index contributed by atoms with van der Waals surface area (Å²) in [6.45, 7) is 3.58. The Balaban J connectivity index is 1.32. The van der Waals surface area contributed by atoms with Crippen LogP contribution in [0.5, 0.6) is 0 Å². The van der Waals surface area contributed by atoms with Gasteiger partial charge in [-0.05, 0) is 43.2 Å². The Morgan fingerprint density at radius 3 is 2.14 bits per heavy atom. The Morgan fingerprint density at radius 1 is 0.828 bits per heavy atom. The SMILES string of the molecule is O=C(Nc1ccc(N2CCCC2)c(F)c1)N1CCN(C(=O)c2ccccc2)CC1. The molecule has 4 rings (SSSR count). The molecule has 2 fully saturated rings. The summed E-state index contributed by atoms with van der Waals surface area (Å²) in [6.07, 6.45) is 2.16. The largest absolute Gasteiger partial charge is 0.369 e. The lowest BCUT2D eigenvalue weighted by Crippen LogP contribution is -2.51. The number of anilines is 2. The summed E-state index contributed by atoms with van der Waals surface area (Å²) in [5, 5.41) is 2.77. The van der Waals surface area contributed by atoms with Crippen molar-refractivity contribution < 1.29 is 14.0 Å². The molecule has 0 aromatic heterocycles. The Morgan fingerprint density at radius 2 is 1.48 bits per heavy atom. The van der Waals surface area contributed by atoms with Crippen LogP contribution in [0.15, 0.2) is 48.5 Å². The number of carbonyl (C=O) groups excluding carboxylic acids is 2. The first-order chi connectivity index (χ1) is 14.1. The number of halogens is 1. The topological polar surface area (TPSA) is 55.9 Å². The van der Waals surface area contributed by atoms with Crippen molar-refractivity contribution in [3.05, 3.63) is 59.9 Å². The molecule has 2 aliphatic heterocycles. The predicted octanol–water partition coefficient (Wildman–Crippen LogP) is 3.42. The van der Waals surface area contributed by atoms with Gasteiger partial charge in [0.05, 0.1) is 5.69 Å². The highest BCUT2D eigenvalue weighted by molar-refractivity contribution is 5.94. The first-order valence-corrected chi connectivity index (χ1v) is 10.1. The number of piperazine rings is 1. The summed E-state index contributed by atoms with van der Waals surface area (Å²) in [4.78, 5) is 30.5. The van der Waals surface area contributed by atoms with E-state index < -0.39 is 0 Å². The number of amides is 3. The van der Waals surface area contributed by atoms with Crippen molar-refractivity contribution in [2.75, 3.05) is 49.5 Å². The molecule has 0 atom stereocenters. The number of nitrogens with one attached hydrogen (secondary N) is 1. The highest BCUT2D eigenvalue weighted by atomic mass is 19.1. The molecule has 2 aromatic carbocycles. The Hall–Kier alpha value is -3.09. The first-order valence-electron chi connectivity index (χ1n) is 10.1. The molecule has 0 aliphatic carbocycles. The van der Waals surface area contributed by atoms with E-state index in [0.717, 1.165) is 25.9 Å². The maximum Gasteiger partial charge on any atom is 0.321 e. The second-order valence-electron chi connectivity index (χ2n) is 7.44. The number of carbonyl (C=O) groups is 2. The van der Waals surface area contributed by atoms with Crippen LogP contribution in [-0.4, -0.2) is 61.0 Å². The molecule has 6 nitrogen and oxygen atoms in total. The normalized spacial score (nSPS) is 16.8. The number of benzene rings is 2. The second-order valence-corrected chi connectivity index (χ2v) is 7.44. The van der Waals surface area contributed by atoms with Gasteiger partial charge in [-0.1, -0.05) is 18.2 Å². The van der Waals surface area contributed by atoms with Gasteiger partial charge in [0, 0.05) is 50.5 Å². The van der Waals surface area contributed by atoms with Crippen molar-refractivity contribution in [2.24, 2.45) is 0 Å². The lowest BCUT2D eigenvalue weighted by atomic mass is 10.2. The van der Waals surface area contributed by atoms with Crippen LogP contribution in [0.1, 0.15) is 23.2 Å². The van der Waals surface area contributed by atoms with Gasteiger partial charge >= 0.3 is 6.03 Å². The minimum atomic E-state index is -0.317. The third kappa shape index (κ3) is 4.34. The predicted molar refractivity (Wildman–Crippen MR) is 111 cm³/mol. The van der Waals surface area contributed by atoms with E-state index >= 15 is 0 Å². The van der Waals surface area contributed by atoms with Crippen LogP contribution in [0.3, 0.4) is 0 Å². The molecule has 0 bridgehead atoms. The highest BCUT2D eigenvalue weighted by Crippen LogP contribution is 2.26. The van der Waals surface area contributed by atoms with Crippen molar-refractivity contribution in [1.29, 1.82) is 0 Å². The van der Waals surface area contributed by atoms with E-state index in [1.54, 1.807) is 34.1 Å². The van der Waals surface area contributed by atoms with Crippen LogP contribution in [-0.2, 0) is 0 Å². The van der Waals surface area contributed by atoms with E-state index in [1.807, 2.05) is 23.1 Å². The average molecular weight is 396 g/mol. The fourth-order valence-electron chi connectivity index (χ4n) is 3.88. The van der Waals surface area contributed by atoms with Gasteiger partial charge in [-0.2, -0.15) is 0 Å². The number of nitrogens with zero attached hydrogens (tertiary/aromatic N) is 3. The monoisotopic (exact) mass is 396 g/mol. The van der Waals surface area contributed by atoms with E-state index in [9.17, 15) is 14.0 Å². The van der Waals surface area contributed by atoms with Gasteiger partial charge in [-0.3, -0.25) is 4.79 Å². The maximum atomic E-state index is 14.4. The summed E-state index contributed by atoms with van der Waals surface area (Å²) in [5.74, 6) is -0.340. The third-order valence-electron chi connectivity index (χ3n) is 5.52. The molecule has 0 unspecified atom stereocenters. The van der Waals surface area contributed by atoms with E-state index in [0.29, 0.717) is 43.1 Å². The minimum absolute atomic E-state index is 0.0229. The van der Waals surface area contributed by atoms with Crippen LogP contribution >= 0.6 is 0 Å². The summed E-state index contributed by atoms with van der Waals surface area (Å²) < 4.78 is 14.4. The summed E-state index contributed by atoms with van der Waals surface area (Å²) in [7, 11) is 0. The summed E-state index contributed by atoms with van der Waals surface area (Å²) >= 11 is 0. The standard InChI is InChI=1S/C22H25FN4O2/c23-19-16-18(8-9-20(19)25-10-4-5-11-25)24-22(29)27-14-12-26(13-15-27)21(28)17-6-2-1-3-7-17/h1-3,6-9,16H,4-5,10-15H2,(H,24,29). The van der Waals surface area contributed by atoms with Gasteiger partial charge in [-0.15, -0.1) is 0 Å². The van der Waals surface area contributed by atoms with Crippen LogP contribution in [0.2, 0.25) is 0 Å². The Labute approximate surface area is 169 Å². The summed E-state index contributed by atoms with van der Waals surface area (Å²) in [5.41, 5.74) is 1.69. The molecule has 0 radical (unpaired) electrons. The van der Waals surface area contributed by atoms with Crippen molar-refractivity contribution in [1.82, 2.24) is 9.80 Å². The zero-order chi connectivity index (χ0) is 20.2. The van der Waals surface area contributed by atoms with Crippen LogP contribution < -0.4 is 10.2 Å². The molecule has 1 N–H and O–H groups in total. The van der Waals surface area contributed by atoms with Crippen molar-refractivity contribution in [3.63, 3.8) is 0 Å². The quantitative estimate of drug-likeness (QED) is 0.865. The number of hydrogen-bond acceptors (Lipinski definition) is 3. The maximum absolute atomic E-state index is 14.4. The van der Waals surface area contributed by atoms with Crippen molar-refractivity contribution in [3.8, 4) is 0 Å². The average Bonchev–Trinajstić information content (AvgIpc) is 3.28. The van der Waals surface area contributed by atoms with Gasteiger partial charge in [0.25, 0.3) is 5.91 Å². The van der Waals surface area contributed by atoms with Gasteiger partial charge in [-0.25, -0.2) is 9.18 Å². The van der Waals surface area contributed by atoms with Crippen LogP contribution in [0.4, 0.5) is 20.6 Å². The van der Waals surface area contributed by atoms with Crippen LogP contribution in [0, 0.1) is 5.82 Å². The molecular weight excluding hydrogens is 371 g/mol. The number of hydrogen-bond donors (Lipinski definition) is 1. The lowest BCUT2D eigenvalue weighted by Gasteiger charge is -2.34. The van der Waals surface area contributed by atoms with E-state index in [2.05, 4.69) is 5.32 Å². The molecular formula is C22H25FN4O2. The zero-order valence-electron chi connectivity index (χ0n) is 16.3. The first kappa shape index (κ1) is 19.2. The smallest absolute Gasteiger partial charge is 0.321 e. The molecule has 3 amide bonds. The van der Waals surface area contributed by atoms with E-state index in [1.165, 1.54) is 6.07 Å². The lowest BCUT2D eigenvalue weighted by molar-refractivity contribution is 0.0671. The molecule has 2 aromatic rings. The molecule has 2 saturated heterocycles. The minimum Gasteiger partial charge on any atom is -0.369 e.